The minimum atomic E-state index is -0.886. The summed E-state index contributed by atoms with van der Waals surface area (Å²) >= 11 is 0. The summed E-state index contributed by atoms with van der Waals surface area (Å²) in [7, 11) is 1.56. The first-order chi connectivity index (χ1) is 6.93. The van der Waals surface area contributed by atoms with Crippen molar-refractivity contribution in [2.45, 2.75) is 13.2 Å². The van der Waals surface area contributed by atoms with Crippen LogP contribution < -0.4 is 4.90 Å². The van der Waals surface area contributed by atoms with E-state index in [4.69, 9.17) is 0 Å². The maximum atomic E-state index is 13.0. The Hall–Kier alpha value is -1.69. The van der Waals surface area contributed by atoms with Crippen LogP contribution in [0.15, 0.2) is 18.2 Å². The number of anilines is 1. The zero-order chi connectivity index (χ0) is 11.6. The minimum Gasteiger partial charge on any atom is -0.374 e. The second kappa shape index (κ2) is 4.22. The molecule has 1 atom stereocenters. The van der Waals surface area contributed by atoms with Gasteiger partial charge in [0.05, 0.1) is 4.92 Å². The van der Waals surface area contributed by atoms with Crippen molar-refractivity contribution in [2.75, 3.05) is 11.9 Å². The van der Waals surface area contributed by atoms with Gasteiger partial charge >= 0.3 is 5.69 Å². The molecule has 0 saturated carbocycles. The number of rotatable bonds is 3. The average Bonchev–Trinajstić information content (AvgIpc) is 2.16. The van der Waals surface area contributed by atoms with Gasteiger partial charge in [-0.05, 0) is 19.1 Å². The molecule has 0 fully saturated rings. The summed E-state index contributed by atoms with van der Waals surface area (Å²) in [5.41, 5.74) is -0.210. The van der Waals surface area contributed by atoms with Crippen molar-refractivity contribution in [3.63, 3.8) is 0 Å². The molecule has 0 bridgehead atoms. The normalized spacial score (nSPS) is 12.3. The highest BCUT2D eigenvalue weighted by molar-refractivity contribution is 5.53. The summed E-state index contributed by atoms with van der Waals surface area (Å²) in [6, 6.07) is 3.46. The molecule has 0 saturated heterocycles. The number of hydrogen-bond acceptors (Lipinski definition) is 4. The first-order valence-corrected chi connectivity index (χ1v) is 4.28. The van der Waals surface area contributed by atoms with Gasteiger partial charge in [-0.3, -0.25) is 10.1 Å². The van der Waals surface area contributed by atoms with Crippen molar-refractivity contribution in [2.24, 2.45) is 0 Å². The average molecular weight is 214 g/mol. The topological polar surface area (TPSA) is 66.6 Å². The molecule has 6 heteroatoms. The minimum absolute atomic E-state index is 0.387. The van der Waals surface area contributed by atoms with Gasteiger partial charge in [-0.25, -0.2) is 0 Å². The molecule has 1 rings (SSSR count). The van der Waals surface area contributed by atoms with Crippen LogP contribution in [0.4, 0.5) is 15.8 Å². The van der Waals surface area contributed by atoms with E-state index in [1.54, 1.807) is 7.05 Å². The van der Waals surface area contributed by atoms with E-state index in [9.17, 15) is 19.6 Å². The maximum absolute atomic E-state index is 13.0. The summed E-state index contributed by atoms with van der Waals surface area (Å²) in [6.45, 7) is 1.51. The van der Waals surface area contributed by atoms with Gasteiger partial charge in [-0.15, -0.1) is 0 Å². The van der Waals surface area contributed by atoms with Crippen LogP contribution in [0.5, 0.6) is 0 Å². The highest BCUT2D eigenvalue weighted by Gasteiger charge is 2.16. The molecular weight excluding hydrogens is 203 g/mol. The molecule has 82 valence electrons. The van der Waals surface area contributed by atoms with Gasteiger partial charge in [0.1, 0.15) is 6.23 Å². The van der Waals surface area contributed by atoms with E-state index in [0.717, 1.165) is 12.1 Å². The fraction of sp³-hybridized carbons (Fsp3) is 0.333. The second-order valence-corrected chi connectivity index (χ2v) is 3.14. The number of benzene rings is 1. The number of hydrogen-bond donors (Lipinski definition) is 1. The van der Waals surface area contributed by atoms with Crippen molar-refractivity contribution >= 4 is 11.4 Å². The van der Waals surface area contributed by atoms with Gasteiger partial charge < -0.3 is 10.0 Å². The summed E-state index contributed by atoms with van der Waals surface area (Å²) in [4.78, 5) is 11.0. The monoisotopic (exact) mass is 214 g/mol. The Morgan fingerprint density at radius 2 is 2.20 bits per heavy atom. The van der Waals surface area contributed by atoms with E-state index in [1.807, 2.05) is 0 Å². The zero-order valence-corrected chi connectivity index (χ0v) is 8.35. The summed E-state index contributed by atoms with van der Waals surface area (Å²) in [5, 5.41) is 19.7. The molecule has 0 amide bonds. The predicted molar refractivity (Wildman–Crippen MR) is 53.1 cm³/mol. The molecule has 0 spiro atoms. The zero-order valence-electron chi connectivity index (χ0n) is 8.35. The molecule has 1 N–H and O–H groups in total. The Kier molecular flexibility index (Phi) is 3.21. The van der Waals surface area contributed by atoms with Crippen molar-refractivity contribution in [3.05, 3.63) is 34.1 Å². The molecule has 0 aliphatic heterocycles. The highest BCUT2D eigenvalue weighted by atomic mass is 19.1. The fourth-order valence-electron chi connectivity index (χ4n) is 1.08. The van der Waals surface area contributed by atoms with E-state index in [1.165, 1.54) is 17.9 Å². The highest BCUT2D eigenvalue weighted by Crippen LogP contribution is 2.24. The van der Waals surface area contributed by atoms with Gasteiger partial charge in [-0.2, -0.15) is 4.39 Å². The molecule has 0 aliphatic rings. The summed E-state index contributed by atoms with van der Waals surface area (Å²) in [5.74, 6) is -0.886. The molecule has 1 aromatic rings. The molecule has 1 aromatic carbocycles. The quantitative estimate of drug-likeness (QED) is 0.470. The van der Waals surface area contributed by atoms with Crippen LogP contribution in [0.3, 0.4) is 0 Å². The third-order valence-corrected chi connectivity index (χ3v) is 2.09. The number of nitro benzene ring substituents is 1. The molecule has 0 radical (unpaired) electrons. The second-order valence-electron chi connectivity index (χ2n) is 3.14. The van der Waals surface area contributed by atoms with Crippen molar-refractivity contribution in [1.82, 2.24) is 0 Å². The van der Waals surface area contributed by atoms with E-state index >= 15 is 0 Å². The third kappa shape index (κ3) is 2.41. The van der Waals surface area contributed by atoms with Crippen LogP contribution in [0.25, 0.3) is 0 Å². The Bertz CT molecular complexity index is 382. The van der Waals surface area contributed by atoms with Crippen LogP contribution in [0.1, 0.15) is 6.92 Å². The van der Waals surface area contributed by atoms with E-state index in [-0.39, 0.29) is 0 Å². The lowest BCUT2D eigenvalue weighted by Crippen LogP contribution is -2.28. The van der Waals surface area contributed by atoms with Crippen molar-refractivity contribution in [3.8, 4) is 0 Å². The standard InChI is InChI=1S/C9H11FN2O3/c1-6(13)11(2)7-3-4-8(10)9(5-7)12(14)15/h3-6,13H,1-2H3. The smallest absolute Gasteiger partial charge is 0.306 e. The van der Waals surface area contributed by atoms with Gasteiger partial charge in [0.2, 0.25) is 5.82 Å². The Labute approximate surface area is 85.9 Å². The fourth-order valence-corrected chi connectivity index (χ4v) is 1.08. The van der Waals surface area contributed by atoms with Crippen molar-refractivity contribution in [1.29, 1.82) is 0 Å². The van der Waals surface area contributed by atoms with Gasteiger partial charge in [0.25, 0.3) is 0 Å². The lowest BCUT2D eigenvalue weighted by molar-refractivity contribution is -0.387. The maximum Gasteiger partial charge on any atom is 0.306 e. The van der Waals surface area contributed by atoms with Crippen LogP contribution >= 0.6 is 0 Å². The molecule has 0 aliphatic carbocycles. The van der Waals surface area contributed by atoms with Crippen LogP contribution in [-0.2, 0) is 0 Å². The van der Waals surface area contributed by atoms with Gasteiger partial charge in [-0.1, -0.05) is 0 Å². The predicted octanol–water partition coefficient (Wildman–Crippen LogP) is 1.51. The Balaban J connectivity index is 3.13. The van der Waals surface area contributed by atoms with Crippen LogP contribution in [0, 0.1) is 15.9 Å². The molecular formula is C9H11FN2O3. The first-order valence-electron chi connectivity index (χ1n) is 4.28. The molecule has 0 heterocycles. The number of nitro groups is 1. The number of nitrogens with zero attached hydrogens (tertiary/aromatic N) is 2. The van der Waals surface area contributed by atoms with Gasteiger partial charge in [0, 0.05) is 18.8 Å². The third-order valence-electron chi connectivity index (χ3n) is 2.09. The molecule has 0 aromatic heterocycles. The lowest BCUT2D eigenvalue weighted by atomic mass is 10.2. The van der Waals surface area contributed by atoms with E-state index < -0.39 is 22.7 Å². The molecule has 5 nitrogen and oxygen atoms in total. The van der Waals surface area contributed by atoms with Crippen molar-refractivity contribution < 1.29 is 14.4 Å². The number of halogens is 1. The Morgan fingerprint density at radius 3 is 2.67 bits per heavy atom. The number of aliphatic hydroxyl groups is 1. The largest absolute Gasteiger partial charge is 0.374 e. The number of aliphatic hydroxyl groups excluding tert-OH is 1. The first kappa shape index (κ1) is 11.4. The Morgan fingerprint density at radius 1 is 1.60 bits per heavy atom. The van der Waals surface area contributed by atoms with Crippen LogP contribution in [0.2, 0.25) is 0 Å². The SMILES string of the molecule is CC(O)N(C)c1ccc(F)c([N+](=O)[O-])c1. The van der Waals surface area contributed by atoms with E-state index in [0.29, 0.717) is 5.69 Å². The molecule has 15 heavy (non-hydrogen) atoms. The molecule has 1 unspecified atom stereocenters. The summed E-state index contributed by atoms with van der Waals surface area (Å²) < 4.78 is 13.0. The van der Waals surface area contributed by atoms with Gasteiger partial charge in [0.15, 0.2) is 0 Å². The summed E-state index contributed by atoms with van der Waals surface area (Å²) in [6.07, 6.45) is -0.796. The van der Waals surface area contributed by atoms with Crippen LogP contribution in [-0.4, -0.2) is 23.3 Å². The lowest BCUT2D eigenvalue weighted by Gasteiger charge is -2.22. The van der Waals surface area contributed by atoms with E-state index in [2.05, 4.69) is 0 Å².